The summed E-state index contributed by atoms with van der Waals surface area (Å²) in [5.74, 6) is -0.0369. The van der Waals surface area contributed by atoms with Crippen molar-refractivity contribution < 1.29 is 13.2 Å². The number of benzene rings is 2. The van der Waals surface area contributed by atoms with Gasteiger partial charge in [-0.15, -0.1) is 0 Å². The predicted molar refractivity (Wildman–Crippen MR) is 61.3 cm³/mol. The molecule has 84 valence electrons. The lowest BCUT2D eigenvalue weighted by Crippen LogP contribution is -2.00. The Morgan fingerprint density at radius 2 is 1.62 bits per heavy atom. The van der Waals surface area contributed by atoms with Crippen molar-refractivity contribution in [3.63, 3.8) is 0 Å². The first-order valence-corrected chi connectivity index (χ1v) is 5.72. The fourth-order valence-electron chi connectivity index (χ4n) is 1.58. The van der Waals surface area contributed by atoms with Crippen molar-refractivity contribution in [2.75, 3.05) is 0 Å². The molecule has 0 amide bonds. The average molecular weight is 242 g/mol. The Morgan fingerprint density at radius 1 is 0.938 bits per heavy atom. The number of halogens is 3. The maximum atomic E-state index is 12.1. The van der Waals surface area contributed by atoms with Gasteiger partial charge in [-0.2, -0.15) is 13.2 Å². The van der Waals surface area contributed by atoms with Crippen LogP contribution in [0.25, 0.3) is 10.8 Å². The molecule has 2 rings (SSSR count). The molecule has 0 nitrogen and oxygen atoms in total. The molecule has 16 heavy (non-hydrogen) atoms. The van der Waals surface area contributed by atoms with Crippen molar-refractivity contribution in [1.82, 2.24) is 0 Å². The summed E-state index contributed by atoms with van der Waals surface area (Å²) in [6.07, 6.45) is 0. The monoisotopic (exact) mass is 242 g/mol. The molecule has 0 fully saturated rings. The number of rotatable bonds is 2. The van der Waals surface area contributed by atoms with E-state index in [9.17, 15) is 13.2 Å². The van der Waals surface area contributed by atoms with E-state index in [1.807, 2.05) is 30.3 Å². The van der Waals surface area contributed by atoms with Gasteiger partial charge in [-0.3, -0.25) is 0 Å². The summed E-state index contributed by atoms with van der Waals surface area (Å²) in [5, 5.41) is 1.87. The van der Waals surface area contributed by atoms with Crippen LogP contribution in [0.3, 0.4) is 0 Å². The summed E-state index contributed by atoms with van der Waals surface area (Å²) in [4.78, 5) is 0. The van der Waals surface area contributed by atoms with Gasteiger partial charge in [0, 0.05) is 5.75 Å². The summed E-state index contributed by atoms with van der Waals surface area (Å²) in [6.45, 7) is 0. The first-order valence-electron chi connectivity index (χ1n) is 4.73. The predicted octanol–water partition coefficient (Wildman–Crippen LogP) is 4.59. The molecule has 0 N–H and O–H groups in total. The van der Waals surface area contributed by atoms with Crippen molar-refractivity contribution in [2.24, 2.45) is 0 Å². The zero-order valence-electron chi connectivity index (χ0n) is 8.29. The molecule has 0 unspecified atom stereocenters. The Hall–Kier alpha value is -1.16. The van der Waals surface area contributed by atoms with Crippen LogP contribution in [0, 0.1) is 0 Å². The van der Waals surface area contributed by atoms with Gasteiger partial charge in [-0.25, -0.2) is 0 Å². The second-order valence-corrected chi connectivity index (χ2v) is 4.41. The van der Waals surface area contributed by atoms with Gasteiger partial charge in [-0.05, 0) is 28.1 Å². The summed E-state index contributed by atoms with van der Waals surface area (Å²) in [5.41, 5.74) is -3.45. The molecule has 0 radical (unpaired) electrons. The Balaban J connectivity index is 2.30. The molecule has 0 atom stereocenters. The molecule has 2 aromatic carbocycles. The van der Waals surface area contributed by atoms with Crippen molar-refractivity contribution in [2.45, 2.75) is 11.3 Å². The lowest BCUT2D eigenvalue weighted by Gasteiger charge is -2.08. The highest BCUT2D eigenvalue weighted by atomic mass is 32.2. The van der Waals surface area contributed by atoms with Crippen molar-refractivity contribution in [3.05, 3.63) is 48.0 Å². The lowest BCUT2D eigenvalue weighted by atomic mass is 10.1. The van der Waals surface area contributed by atoms with E-state index in [1.54, 1.807) is 12.1 Å². The van der Waals surface area contributed by atoms with Gasteiger partial charge in [0.15, 0.2) is 0 Å². The van der Waals surface area contributed by atoms with E-state index < -0.39 is 5.51 Å². The molecule has 0 saturated heterocycles. The zero-order valence-corrected chi connectivity index (χ0v) is 9.11. The zero-order chi connectivity index (χ0) is 11.6. The molecule has 0 aliphatic heterocycles. The molecule has 0 aromatic heterocycles. The smallest absolute Gasteiger partial charge is 0.160 e. The largest absolute Gasteiger partial charge is 0.442 e. The van der Waals surface area contributed by atoms with Crippen molar-refractivity contribution in [3.8, 4) is 0 Å². The molecular weight excluding hydrogens is 233 g/mol. The standard InChI is InChI=1S/C12H9F3S/c13-12(14,15)16-8-10-6-3-5-9-4-1-2-7-11(9)10/h1-7H,8H2. The van der Waals surface area contributed by atoms with E-state index in [1.165, 1.54) is 0 Å². The van der Waals surface area contributed by atoms with E-state index >= 15 is 0 Å². The maximum absolute atomic E-state index is 12.1. The van der Waals surface area contributed by atoms with Crippen LogP contribution in [0.1, 0.15) is 5.56 Å². The maximum Gasteiger partial charge on any atom is 0.442 e. The quantitative estimate of drug-likeness (QED) is 0.742. The molecule has 4 heteroatoms. The Kier molecular flexibility index (Phi) is 3.10. The van der Waals surface area contributed by atoms with Gasteiger partial charge >= 0.3 is 5.51 Å². The molecule has 0 aliphatic carbocycles. The molecule has 0 saturated carbocycles. The summed E-state index contributed by atoms with van der Waals surface area (Å²) < 4.78 is 36.3. The Bertz CT molecular complexity index is 486. The fraction of sp³-hybridized carbons (Fsp3) is 0.167. The molecule has 2 aromatic rings. The van der Waals surface area contributed by atoms with Gasteiger partial charge in [-0.1, -0.05) is 42.5 Å². The van der Waals surface area contributed by atoms with Gasteiger partial charge in [0.2, 0.25) is 0 Å². The SMILES string of the molecule is FC(F)(F)SCc1cccc2ccccc12. The van der Waals surface area contributed by atoms with Crippen LogP contribution in [0.15, 0.2) is 42.5 Å². The Labute approximate surface area is 95.5 Å². The number of fused-ring (bicyclic) bond motifs is 1. The van der Waals surface area contributed by atoms with Crippen LogP contribution in [0.5, 0.6) is 0 Å². The minimum Gasteiger partial charge on any atom is -0.160 e. The van der Waals surface area contributed by atoms with Crippen LogP contribution < -0.4 is 0 Å². The molecule has 0 aliphatic rings. The first kappa shape index (κ1) is 11.3. The van der Waals surface area contributed by atoms with E-state index in [0.717, 1.165) is 16.3 Å². The summed E-state index contributed by atoms with van der Waals surface area (Å²) >= 11 is 0.00151. The molecule has 0 spiro atoms. The minimum absolute atomic E-state index is 0.00151. The topological polar surface area (TPSA) is 0 Å². The van der Waals surface area contributed by atoms with E-state index in [2.05, 4.69) is 0 Å². The molecule has 0 bridgehead atoms. The number of hydrogen-bond donors (Lipinski definition) is 0. The van der Waals surface area contributed by atoms with Crippen molar-refractivity contribution in [1.29, 1.82) is 0 Å². The fourth-order valence-corrected chi connectivity index (χ4v) is 2.15. The second kappa shape index (κ2) is 4.37. The third-order valence-corrected chi connectivity index (χ3v) is 3.05. The summed E-state index contributed by atoms with van der Waals surface area (Å²) in [7, 11) is 0. The normalized spacial score (nSPS) is 11.9. The average Bonchev–Trinajstić information content (AvgIpc) is 2.25. The highest BCUT2D eigenvalue weighted by Crippen LogP contribution is 2.34. The Morgan fingerprint density at radius 3 is 2.38 bits per heavy atom. The highest BCUT2D eigenvalue weighted by Gasteiger charge is 2.28. The van der Waals surface area contributed by atoms with Crippen LogP contribution in [-0.2, 0) is 5.75 Å². The van der Waals surface area contributed by atoms with Gasteiger partial charge < -0.3 is 0 Å². The van der Waals surface area contributed by atoms with Crippen LogP contribution in [0.2, 0.25) is 0 Å². The minimum atomic E-state index is -4.17. The van der Waals surface area contributed by atoms with Gasteiger partial charge in [0.25, 0.3) is 0 Å². The van der Waals surface area contributed by atoms with E-state index in [0.29, 0.717) is 0 Å². The van der Waals surface area contributed by atoms with Crippen LogP contribution in [0.4, 0.5) is 13.2 Å². The number of alkyl halides is 3. The second-order valence-electron chi connectivity index (χ2n) is 3.37. The van der Waals surface area contributed by atoms with E-state index in [-0.39, 0.29) is 17.5 Å². The van der Waals surface area contributed by atoms with E-state index in [4.69, 9.17) is 0 Å². The third kappa shape index (κ3) is 2.70. The van der Waals surface area contributed by atoms with Crippen LogP contribution >= 0.6 is 11.8 Å². The third-order valence-electron chi connectivity index (χ3n) is 2.27. The summed E-state index contributed by atoms with van der Waals surface area (Å²) in [6, 6.07) is 12.9. The first-order chi connectivity index (χ1) is 7.56. The number of thioether (sulfide) groups is 1. The molecule has 0 heterocycles. The number of hydrogen-bond acceptors (Lipinski definition) is 1. The van der Waals surface area contributed by atoms with Crippen molar-refractivity contribution >= 4 is 22.5 Å². The van der Waals surface area contributed by atoms with Gasteiger partial charge in [0.05, 0.1) is 0 Å². The van der Waals surface area contributed by atoms with Crippen LogP contribution in [-0.4, -0.2) is 5.51 Å². The lowest BCUT2D eigenvalue weighted by molar-refractivity contribution is -0.0329. The van der Waals surface area contributed by atoms with Gasteiger partial charge in [0.1, 0.15) is 0 Å². The highest BCUT2D eigenvalue weighted by molar-refractivity contribution is 7.99. The molecular formula is C12H9F3S.